The van der Waals surface area contributed by atoms with Gasteiger partial charge in [0.1, 0.15) is 5.82 Å². The van der Waals surface area contributed by atoms with Gasteiger partial charge in [0.05, 0.1) is 27.2 Å². The SMILES string of the molecule is COc1cc(/C=C2/C(C)=C(CC(=O)NCc3ccc[nH]3)c3cc(F)ccc32)cc(OC)c1O. The quantitative estimate of drug-likeness (QED) is 0.480. The van der Waals surface area contributed by atoms with Gasteiger partial charge < -0.3 is 24.9 Å². The molecule has 0 unspecified atom stereocenters. The number of H-pyrrole nitrogens is 1. The number of carbonyl (C=O) groups excluding carboxylic acids is 1. The lowest BCUT2D eigenvalue weighted by Gasteiger charge is -2.11. The third kappa shape index (κ3) is 4.48. The zero-order valence-electron chi connectivity index (χ0n) is 18.7. The monoisotopic (exact) mass is 448 g/mol. The van der Waals surface area contributed by atoms with Gasteiger partial charge in [-0.15, -0.1) is 0 Å². The minimum atomic E-state index is -0.361. The van der Waals surface area contributed by atoms with Gasteiger partial charge in [-0.2, -0.15) is 0 Å². The summed E-state index contributed by atoms with van der Waals surface area (Å²) in [5.41, 5.74) is 5.71. The summed E-state index contributed by atoms with van der Waals surface area (Å²) in [5, 5.41) is 13.1. The number of ether oxygens (including phenoxy) is 2. The van der Waals surface area contributed by atoms with Gasteiger partial charge >= 0.3 is 0 Å². The number of methoxy groups -OCH3 is 2. The number of phenolic OH excluding ortho intramolecular Hbond substituents is 1. The fraction of sp³-hybridized carbons (Fsp3) is 0.192. The lowest BCUT2D eigenvalue weighted by Crippen LogP contribution is -2.22. The molecular weight excluding hydrogens is 423 g/mol. The number of benzene rings is 2. The van der Waals surface area contributed by atoms with Crippen LogP contribution in [0.5, 0.6) is 17.2 Å². The molecule has 7 heteroatoms. The first-order chi connectivity index (χ1) is 15.9. The summed E-state index contributed by atoms with van der Waals surface area (Å²) in [6, 6.07) is 11.8. The molecule has 0 fully saturated rings. The van der Waals surface area contributed by atoms with Crippen molar-refractivity contribution in [2.24, 2.45) is 0 Å². The van der Waals surface area contributed by atoms with Crippen LogP contribution in [0.25, 0.3) is 17.2 Å². The molecule has 6 nitrogen and oxygen atoms in total. The van der Waals surface area contributed by atoms with E-state index in [9.17, 15) is 14.3 Å². The molecular formula is C26H25FN2O4. The van der Waals surface area contributed by atoms with Crippen LogP contribution in [0.15, 0.2) is 54.2 Å². The average Bonchev–Trinajstić information content (AvgIpc) is 3.41. The summed E-state index contributed by atoms with van der Waals surface area (Å²) < 4.78 is 24.6. The van der Waals surface area contributed by atoms with Crippen LogP contribution < -0.4 is 14.8 Å². The molecule has 3 aromatic rings. The first kappa shape index (κ1) is 22.2. The van der Waals surface area contributed by atoms with E-state index in [1.165, 1.54) is 26.4 Å². The summed E-state index contributed by atoms with van der Waals surface area (Å²) >= 11 is 0. The Kier molecular flexibility index (Phi) is 6.22. The molecule has 1 aliphatic rings. The van der Waals surface area contributed by atoms with E-state index in [2.05, 4.69) is 10.3 Å². The van der Waals surface area contributed by atoms with E-state index in [0.29, 0.717) is 12.1 Å². The summed E-state index contributed by atoms with van der Waals surface area (Å²) in [4.78, 5) is 15.7. The highest BCUT2D eigenvalue weighted by Crippen LogP contribution is 2.45. The first-order valence-corrected chi connectivity index (χ1v) is 10.5. The summed E-state index contributed by atoms with van der Waals surface area (Å²) in [6.45, 7) is 2.32. The van der Waals surface area contributed by atoms with Crippen LogP contribution in [0.2, 0.25) is 0 Å². The largest absolute Gasteiger partial charge is 0.502 e. The van der Waals surface area contributed by atoms with E-state index in [1.807, 2.05) is 25.1 Å². The Labute approximate surface area is 191 Å². The van der Waals surface area contributed by atoms with Gasteiger partial charge in [0, 0.05) is 11.9 Å². The van der Waals surface area contributed by atoms with Crippen LogP contribution in [-0.2, 0) is 11.3 Å². The number of carbonyl (C=O) groups is 1. The number of amides is 1. The van der Waals surface area contributed by atoms with Crippen LogP contribution in [0.1, 0.15) is 35.7 Å². The molecule has 1 aromatic heterocycles. The molecule has 170 valence electrons. The van der Waals surface area contributed by atoms with Crippen molar-refractivity contribution in [3.8, 4) is 17.2 Å². The van der Waals surface area contributed by atoms with Gasteiger partial charge in [0.2, 0.25) is 11.7 Å². The highest BCUT2D eigenvalue weighted by Gasteiger charge is 2.26. The Bertz CT molecular complexity index is 1230. The first-order valence-electron chi connectivity index (χ1n) is 10.5. The molecule has 33 heavy (non-hydrogen) atoms. The third-order valence-corrected chi connectivity index (χ3v) is 5.74. The lowest BCUT2D eigenvalue weighted by atomic mass is 10.00. The van der Waals surface area contributed by atoms with E-state index < -0.39 is 0 Å². The van der Waals surface area contributed by atoms with Crippen LogP contribution in [-0.4, -0.2) is 30.2 Å². The Morgan fingerprint density at radius 3 is 2.48 bits per heavy atom. The molecule has 1 heterocycles. The Hall–Kier alpha value is -4.00. The van der Waals surface area contributed by atoms with Crippen molar-refractivity contribution in [2.45, 2.75) is 19.9 Å². The Morgan fingerprint density at radius 2 is 1.85 bits per heavy atom. The van der Waals surface area contributed by atoms with Crippen LogP contribution in [0.3, 0.4) is 0 Å². The molecule has 4 rings (SSSR count). The lowest BCUT2D eigenvalue weighted by molar-refractivity contribution is -0.120. The van der Waals surface area contributed by atoms with Crippen molar-refractivity contribution in [1.82, 2.24) is 10.3 Å². The molecule has 1 amide bonds. The number of fused-ring (bicyclic) bond motifs is 1. The number of rotatable bonds is 7. The maximum atomic E-state index is 14.1. The molecule has 3 N–H and O–H groups in total. The predicted octanol–water partition coefficient (Wildman–Crippen LogP) is 4.91. The van der Waals surface area contributed by atoms with E-state index >= 15 is 0 Å². The third-order valence-electron chi connectivity index (χ3n) is 5.74. The Morgan fingerprint density at radius 1 is 1.12 bits per heavy atom. The highest BCUT2D eigenvalue weighted by molar-refractivity contribution is 6.08. The van der Waals surface area contributed by atoms with Gasteiger partial charge in [0.15, 0.2) is 11.5 Å². The predicted molar refractivity (Wildman–Crippen MR) is 125 cm³/mol. The number of aromatic hydroxyl groups is 1. The van der Waals surface area contributed by atoms with Crippen molar-refractivity contribution in [3.63, 3.8) is 0 Å². The molecule has 0 aliphatic heterocycles. The van der Waals surface area contributed by atoms with Crippen molar-refractivity contribution in [3.05, 3.63) is 82.4 Å². The van der Waals surface area contributed by atoms with Crippen LogP contribution >= 0.6 is 0 Å². The molecule has 0 saturated carbocycles. The maximum absolute atomic E-state index is 14.1. The van der Waals surface area contributed by atoms with E-state index in [1.54, 1.807) is 24.4 Å². The second-order valence-electron chi connectivity index (χ2n) is 7.77. The number of phenols is 1. The normalized spacial score (nSPS) is 13.9. The smallest absolute Gasteiger partial charge is 0.224 e. The van der Waals surface area contributed by atoms with Crippen LogP contribution in [0.4, 0.5) is 4.39 Å². The zero-order valence-corrected chi connectivity index (χ0v) is 18.7. The van der Waals surface area contributed by atoms with Gasteiger partial charge in [-0.3, -0.25) is 4.79 Å². The maximum Gasteiger partial charge on any atom is 0.224 e. The number of allylic oxidation sites excluding steroid dienone is 2. The van der Waals surface area contributed by atoms with Crippen LogP contribution in [0, 0.1) is 5.82 Å². The minimum Gasteiger partial charge on any atom is -0.502 e. The number of aromatic nitrogens is 1. The second-order valence-corrected chi connectivity index (χ2v) is 7.77. The Balaban J connectivity index is 1.70. The van der Waals surface area contributed by atoms with E-state index in [4.69, 9.17) is 9.47 Å². The number of halogens is 1. The highest BCUT2D eigenvalue weighted by atomic mass is 19.1. The van der Waals surface area contributed by atoms with Crippen molar-refractivity contribution in [2.75, 3.05) is 14.2 Å². The fourth-order valence-electron chi connectivity index (χ4n) is 4.04. The number of nitrogens with one attached hydrogen (secondary N) is 2. The summed E-state index contributed by atoms with van der Waals surface area (Å²) in [5.74, 6) is -0.0284. The summed E-state index contributed by atoms with van der Waals surface area (Å²) in [7, 11) is 2.93. The van der Waals surface area contributed by atoms with Gasteiger partial charge in [-0.05, 0) is 82.8 Å². The molecule has 0 atom stereocenters. The molecule has 0 spiro atoms. The summed E-state index contributed by atoms with van der Waals surface area (Å²) in [6.07, 6.45) is 3.84. The fourth-order valence-corrected chi connectivity index (χ4v) is 4.04. The second kappa shape index (κ2) is 9.24. The van der Waals surface area contributed by atoms with Gasteiger partial charge in [-0.1, -0.05) is 6.07 Å². The standard InChI is InChI=1S/C26H25FN2O4/c1-15-20(9-16-10-23(32-2)26(31)24(11-16)33-3)19-7-6-17(27)12-22(19)21(15)13-25(30)29-14-18-5-4-8-28-18/h4-12,28,31H,13-14H2,1-3H3,(H,29,30)/b20-9-. The number of hydrogen-bond donors (Lipinski definition) is 3. The molecule has 1 aliphatic carbocycles. The van der Waals surface area contributed by atoms with Crippen molar-refractivity contribution >= 4 is 23.1 Å². The molecule has 0 radical (unpaired) electrons. The average molecular weight is 448 g/mol. The van der Waals surface area contributed by atoms with Crippen molar-refractivity contribution < 1.29 is 23.8 Å². The van der Waals surface area contributed by atoms with E-state index in [-0.39, 0.29) is 35.4 Å². The van der Waals surface area contributed by atoms with Gasteiger partial charge in [-0.25, -0.2) is 4.39 Å². The molecule has 2 aromatic carbocycles. The molecule has 0 bridgehead atoms. The van der Waals surface area contributed by atoms with Crippen molar-refractivity contribution in [1.29, 1.82) is 0 Å². The number of hydrogen-bond acceptors (Lipinski definition) is 4. The van der Waals surface area contributed by atoms with E-state index in [0.717, 1.165) is 33.5 Å². The number of aromatic amines is 1. The topological polar surface area (TPSA) is 83.6 Å². The molecule has 0 saturated heterocycles. The minimum absolute atomic E-state index is 0.0808. The van der Waals surface area contributed by atoms with Gasteiger partial charge in [0.25, 0.3) is 0 Å². The zero-order chi connectivity index (χ0) is 23.5.